The second kappa shape index (κ2) is 8.98. The fourth-order valence-corrected chi connectivity index (χ4v) is 2.87. The van der Waals surface area contributed by atoms with Crippen molar-refractivity contribution in [2.75, 3.05) is 46.9 Å². The van der Waals surface area contributed by atoms with Gasteiger partial charge in [-0.2, -0.15) is 0 Å². The summed E-state index contributed by atoms with van der Waals surface area (Å²) in [5.41, 5.74) is 0. The molecule has 1 aliphatic heterocycles. The van der Waals surface area contributed by atoms with Crippen molar-refractivity contribution in [3.8, 4) is 0 Å². The smallest absolute Gasteiger partial charge is 0.0826 e. The molecule has 0 radical (unpaired) electrons. The Bertz CT molecular complexity index is 246. The largest absolute Gasteiger partial charge is 0.374 e. The van der Waals surface area contributed by atoms with E-state index in [1.165, 1.54) is 6.42 Å². The molecule has 0 aliphatic carbocycles. The summed E-state index contributed by atoms with van der Waals surface area (Å²) in [7, 11) is 4.29. The van der Waals surface area contributed by atoms with Gasteiger partial charge in [0, 0.05) is 38.3 Å². The second-order valence-corrected chi connectivity index (χ2v) is 7.08. The van der Waals surface area contributed by atoms with E-state index in [0.29, 0.717) is 18.2 Å². The van der Waals surface area contributed by atoms with Crippen LogP contribution in [0.25, 0.3) is 0 Å². The highest BCUT2D eigenvalue weighted by atomic mass is 16.5. The summed E-state index contributed by atoms with van der Waals surface area (Å²) >= 11 is 0. The monoisotopic (exact) mass is 285 g/mol. The Labute approximate surface area is 125 Å². The quantitative estimate of drug-likeness (QED) is 0.734. The number of hydrogen-bond donors (Lipinski definition) is 1. The van der Waals surface area contributed by atoms with Crippen LogP contribution in [0.5, 0.6) is 0 Å². The van der Waals surface area contributed by atoms with Crippen LogP contribution >= 0.6 is 0 Å². The summed E-state index contributed by atoms with van der Waals surface area (Å²) in [5, 5.41) is 3.72. The Balaban J connectivity index is 2.37. The average Bonchev–Trinajstić information content (AvgIpc) is 2.35. The Morgan fingerprint density at radius 2 is 1.95 bits per heavy atom. The normalized spacial score (nSPS) is 22.9. The molecule has 0 aromatic carbocycles. The highest BCUT2D eigenvalue weighted by Crippen LogP contribution is 2.10. The number of likely N-dealkylation sites (N-methyl/N-ethyl adjacent to an activating group) is 1. The lowest BCUT2D eigenvalue weighted by Gasteiger charge is -2.36. The summed E-state index contributed by atoms with van der Waals surface area (Å²) in [5.74, 6) is 0.729. The van der Waals surface area contributed by atoms with Crippen LogP contribution in [0.3, 0.4) is 0 Å². The zero-order valence-electron chi connectivity index (χ0n) is 14.4. The minimum atomic E-state index is 0.336. The van der Waals surface area contributed by atoms with Crippen molar-refractivity contribution in [1.82, 2.24) is 15.1 Å². The Morgan fingerprint density at radius 1 is 1.25 bits per heavy atom. The number of rotatable bonds is 8. The molecule has 1 aliphatic rings. The number of ether oxygens (including phenoxy) is 1. The van der Waals surface area contributed by atoms with Crippen molar-refractivity contribution < 1.29 is 4.74 Å². The lowest BCUT2D eigenvalue weighted by molar-refractivity contribution is -0.0385. The van der Waals surface area contributed by atoms with Crippen molar-refractivity contribution in [2.24, 2.45) is 5.92 Å². The van der Waals surface area contributed by atoms with Crippen LogP contribution in [-0.4, -0.2) is 74.9 Å². The molecule has 0 spiro atoms. The van der Waals surface area contributed by atoms with Gasteiger partial charge in [0.05, 0.1) is 12.7 Å². The molecule has 1 fully saturated rings. The second-order valence-electron chi connectivity index (χ2n) is 7.08. The fourth-order valence-electron chi connectivity index (χ4n) is 2.87. The van der Waals surface area contributed by atoms with Crippen molar-refractivity contribution in [3.63, 3.8) is 0 Å². The zero-order valence-corrected chi connectivity index (χ0v) is 14.4. The number of hydrogen-bond acceptors (Lipinski definition) is 4. The van der Waals surface area contributed by atoms with Gasteiger partial charge < -0.3 is 15.0 Å². The molecule has 0 aromatic rings. The summed E-state index contributed by atoms with van der Waals surface area (Å²) in [4.78, 5) is 4.78. The van der Waals surface area contributed by atoms with Crippen LogP contribution in [-0.2, 0) is 4.74 Å². The van der Waals surface area contributed by atoms with Gasteiger partial charge in [-0.05, 0) is 40.3 Å². The first-order valence-electron chi connectivity index (χ1n) is 8.12. The van der Waals surface area contributed by atoms with E-state index in [1.807, 2.05) is 0 Å². The molecule has 1 rings (SSSR count). The lowest BCUT2D eigenvalue weighted by Crippen LogP contribution is -2.51. The minimum Gasteiger partial charge on any atom is -0.374 e. The van der Waals surface area contributed by atoms with E-state index >= 15 is 0 Å². The molecule has 1 N–H and O–H groups in total. The van der Waals surface area contributed by atoms with Gasteiger partial charge >= 0.3 is 0 Å². The molecule has 2 unspecified atom stereocenters. The van der Waals surface area contributed by atoms with Gasteiger partial charge in [0.1, 0.15) is 0 Å². The standard InChI is InChI=1S/C16H35N3O/c1-13(2)9-15(11-18(5)6)17-10-16-12-19(14(3)4)7-8-20-16/h13-17H,7-12H2,1-6H3. The molecule has 20 heavy (non-hydrogen) atoms. The lowest BCUT2D eigenvalue weighted by atomic mass is 10.0. The van der Waals surface area contributed by atoms with Crippen LogP contribution in [0.2, 0.25) is 0 Å². The molecule has 0 aromatic heterocycles. The molecule has 0 bridgehead atoms. The Morgan fingerprint density at radius 3 is 2.50 bits per heavy atom. The Hall–Kier alpha value is -0.160. The molecular weight excluding hydrogens is 250 g/mol. The molecule has 0 saturated carbocycles. The van der Waals surface area contributed by atoms with Crippen molar-refractivity contribution in [1.29, 1.82) is 0 Å². The first-order chi connectivity index (χ1) is 9.38. The van der Waals surface area contributed by atoms with E-state index in [1.54, 1.807) is 0 Å². The van der Waals surface area contributed by atoms with Gasteiger partial charge in [0.25, 0.3) is 0 Å². The van der Waals surface area contributed by atoms with Crippen molar-refractivity contribution in [2.45, 2.75) is 52.3 Å². The fraction of sp³-hybridized carbons (Fsp3) is 1.00. The molecule has 1 saturated heterocycles. The van der Waals surface area contributed by atoms with Crippen LogP contribution in [0.15, 0.2) is 0 Å². The molecule has 0 amide bonds. The van der Waals surface area contributed by atoms with Crippen LogP contribution in [0.4, 0.5) is 0 Å². The minimum absolute atomic E-state index is 0.336. The topological polar surface area (TPSA) is 27.7 Å². The third kappa shape index (κ3) is 7.02. The molecule has 4 heteroatoms. The maximum atomic E-state index is 5.90. The SMILES string of the molecule is CC(C)CC(CN(C)C)NCC1CN(C(C)C)CCO1. The van der Waals surface area contributed by atoms with E-state index in [0.717, 1.165) is 38.7 Å². The van der Waals surface area contributed by atoms with Crippen LogP contribution in [0.1, 0.15) is 34.1 Å². The van der Waals surface area contributed by atoms with Gasteiger partial charge in [-0.15, -0.1) is 0 Å². The summed E-state index contributed by atoms with van der Waals surface area (Å²) in [6.07, 6.45) is 1.56. The number of nitrogens with one attached hydrogen (secondary N) is 1. The van der Waals surface area contributed by atoms with Crippen molar-refractivity contribution >= 4 is 0 Å². The maximum Gasteiger partial charge on any atom is 0.0826 e. The summed E-state index contributed by atoms with van der Waals surface area (Å²) in [6, 6.07) is 1.18. The third-order valence-electron chi connectivity index (χ3n) is 3.88. The molecule has 1 heterocycles. The van der Waals surface area contributed by atoms with E-state index in [-0.39, 0.29) is 0 Å². The number of nitrogens with zero attached hydrogens (tertiary/aromatic N) is 2. The Kier molecular flexibility index (Phi) is 8.03. The predicted molar refractivity (Wildman–Crippen MR) is 86.2 cm³/mol. The van der Waals surface area contributed by atoms with E-state index < -0.39 is 0 Å². The molecular formula is C16H35N3O. The summed E-state index contributed by atoms with van der Waals surface area (Å²) in [6.45, 7) is 14.2. The van der Waals surface area contributed by atoms with E-state index in [4.69, 9.17) is 4.74 Å². The van der Waals surface area contributed by atoms with E-state index in [9.17, 15) is 0 Å². The first kappa shape index (κ1) is 17.9. The van der Waals surface area contributed by atoms with Crippen molar-refractivity contribution in [3.05, 3.63) is 0 Å². The average molecular weight is 285 g/mol. The predicted octanol–water partition coefficient (Wildman–Crippen LogP) is 1.66. The molecule has 120 valence electrons. The highest BCUT2D eigenvalue weighted by Gasteiger charge is 2.23. The summed E-state index contributed by atoms with van der Waals surface area (Å²) < 4.78 is 5.90. The number of morpholine rings is 1. The van der Waals surface area contributed by atoms with Gasteiger partial charge in [0.15, 0.2) is 0 Å². The van der Waals surface area contributed by atoms with Gasteiger partial charge in [0.2, 0.25) is 0 Å². The third-order valence-corrected chi connectivity index (χ3v) is 3.88. The molecule has 2 atom stereocenters. The van der Waals surface area contributed by atoms with E-state index in [2.05, 4.69) is 56.9 Å². The highest BCUT2D eigenvalue weighted by molar-refractivity contribution is 4.79. The first-order valence-corrected chi connectivity index (χ1v) is 8.12. The van der Waals surface area contributed by atoms with Gasteiger partial charge in [-0.25, -0.2) is 0 Å². The van der Waals surface area contributed by atoms with Crippen LogP contribution in [0, 0.1) is 5.92 Å². The van der Waals surface area contributed by atoms with Gasteiger partial charge in [-0.1, -0.05) is 13.8 Å². The van der Waals surface area contributed by atoms with Crippen LogP contribution < -0.4 is 5.32 Å². The maximum absolute atomic E-state index is 5.90. The zero-order chi connectivity index (χ0) is 15.1. The molecule has 4 nitrogen and oxygen atoms in total. The van der Waals surface area contributed by atoms with Gasteiger partial charge in [-0.3, -0.25) is 4.90 Å².